The molecule has 2 aliphatic carbocycles. The van der Waals surface area contributed by atoms with Crippen molar-refractivity contribution < 1.29 is 52.5 Å². The summed E-state index contributed by atoms with van der Waals surface area (Å²) in [5, 5.41) is 37.2. The number of carboxylic acids is 1. The molecule has 0 unspecified atom stereocenters. The number of hydrogen-bond acceptors (Lipinski definition) is 12. The highest BCUT2D eigenvalue weighted by atomic mass is 35.5. The first-order chi connectivity index (χ1) is 46.2. The molecule has 0 bridgehead atoms. The van der Waals surface area contributed by atoms with Crippen LogP contribution in [0.1, 0.15) is 90.5 Å². The Hall–Kier alpha value is -10.1. The number of rotatable bonds is 19. The Balaban J connectivity index is 0.000000143. The lowest BCUT2D eigenvalue weighted by Crippen LogP contribution is -2.62. The van der Waals surface area contributed by atoms with Crippen LogP contribution in [0.3, 0.4) is 0 Å². The van der Waals surface area contributed by atoms with Crippen LogP contribution in [0.2, 0.25) is 30.1 Å². The minimum Gasteiger partial charge on any atom is -0.475 e. The molecule has 0 saturated heterocycles. The molecule has 2 fully saturated rings. The van der Waals surface area contributed by atoms with Gasteiger partial charge in [0.15, 0.2) is 0 Å². The Bertz CT molecular complexity index is 4470. The average Bonchev–Trinajstić information content (AvgIpc) is 1.72. The van der Waals surface area contributed by atoms with Gasteiger partial charge in [-0.25, -0.2) is 19.5 Å². The smallest absolute Gasteiger partial charge is 0.389 e. The first-order valence-electron chi connectivity index (χ1n) is 29.5. The number of carboxylic acid groups (broad SMARTS) is 1. The van der Waals surface area contributed by atoms with Crippen LogP contribution in [0, 0.1) is 0 Å². The normalized spacial score (nSPS) is 12.7. The van der Waals surface area contributed by atoms with Crippen molar-refractivity contribution in [3.8, 4) is 34.9 Å². The fourth-order valence-electron chi connectivity index (χ4n) is 10.6. The first kappa shape index (κ1) is 65.0. The summed E-state index contributed by atoms with van der Waals surface area (Å²) < 4.78 is 31.7. The number of aromatic amines is 3. The van der Waals surface area contributed by atoms with Gasteiger partial charge in [-0.15, -0.1) is 10.2 Å². The number of nitrogens with zero attached hydrogens (tertiary/aromatic N) is 6. The van der Waals surface area contributed by atoms with E-state index in [1.54, 1.807) is 47.1 Å². The number of halogens is 6. The number of aromatic carboxylic acids is 1. The zero-order chi connectivity index (χ0) is 66.1. The lowest BCUT2D eigenvalue weighted by Gasteiger charge is -2.31. The van der Waals surface area contributed by atoms with Crippen LogP contribution < -0.4 is 23.6 Å². The predicted molar refractivity (Wildman–Crippen MR) is 357 cm³/mol. The molecule has 9 aromatic carbocycles. The topological polar surface area (TPSA) is 224 Å². The van der Waals surface area contributed by atoms with Gasteiger partial charge in [0.25, 0.3) is 5.88 Å². The van der Waals surface area contributed by atoms with E-state index in [4.69, 9.17) is 98.5 Å². The molecular weight excluding hydrogens is 1340 g/mol. The van der Waals surface area contributed by atoms with Gasteiger partial charge >= 0.3 is 41.1 Å². The Morgan fingerprint density at radius 2 is 0.716 bits per heavy atom. The van der Waals surface area contributed by atoms with Crippen molar-refractivity contribution in [1.82, 2.24) is 36.0 Å². The maximum absolute atomic E-state index is 13.8. The standard InChI is InChI=1S/C31H23Cl2N3O3.C28H19Cl2N3O3.C12H9Cl2N3O3/c32-26-19-18-25(20-27(26)33)38-29-28(30(37)39-24-16-17-24)36(35-34-29)31(21-10-4-1-5-11-21,22-12-6-2-7-13-22)23-14-8-3-9-15-23;29-23-17-16-22(18-24(23)30)36-26-25(27(34)35)33(32-31-26)28(19-10-4-1-5-11-19,20-12-6-2-7-13-20)21-14-8-3-9-15-21;13-8-4-3-7(5-9(8)14)19-11-10(15-17-16-11)12(18)20-6-1-2-6/h1-15,18-20,24H,16-17H2;1-18H,(H,34,35);3-6H,1-2H2,(H,15,16,17)/p+2. The molecule has 95 heavy (non-hydrogen) atoms. The summed E-state index contributed by atoms with van der Waals surface area (Å²) in [7, 11) is 0. The molecule has 0 radical (unpaired) electrons. The number of benzene rings is 9. The van der Waals surface area contributed by atoms with Crippen molar-refractivity contribution in [3.05, 3.63) is 317 Å². The molecular formula is C71H53Cl6N9O9+2. The maximum Gasteiger partial charge on any atom is 0.389 e. The third-order valence-electron chi connectivity index (χ3n) is 15.2. The quantitative estimate of drug-likeness (QED) is 0.0336. The molecule has 4 N–H and O–H groups in total. The van der Waals surface area contributed by atoms with E-state index in [2.05, 4.69) is 30.8 Å². The van der Waals surface area contributed by atoms with Crippen molar-refractivity contribution in [1.29, 1.82) is 0 Å². The summed E-state index contributed by atoms with van der Waals surface area (Å²) in [6.07, 6.45) is 3.29. The Morgan fingerprint density at radius 1 is 0.400 bits per heavy atom. The monoisotopic (exact) mass is 1390 g/mol. The molecule has 0 aliphatic heterocycles. The lowest BCUT2D eigenvalue weighted by molar-refractivity contribution is -0.789. The van der Waals surface area contributed by atoms with Crippen LogP contribution >= 0.6 is 69.6 Å². The third-order valence-corrected chi connectivity index (χ3v) is 17.4. The summed E-state index contributed by atoms with van der Waals surface area (Å²) in [6.45, 7) is 0. The average molecular weight is 1390 g/mol. The Labute approximate surface area is 573 Å². The largest absolute Gasteiger partial charge is 0.475 e. The van der Waals surface area contributed by atoms with E-state index in [0.717, 1.165) is 59.1 Å². The van der Waals surface area contributed by atoms with Crippen LogP contribution in [-0.4, -0.2) is 71.3 Å². The van der Waals surface area contributed by atoms with E-state index < -0.39 is 29.0 Å². The summed E-state index contributed by atoms with van der Waals surface area (Å²) in [5.74, 6) is -1.06. The van der Waals surface area contributed by atoms with Crippen LogP contribution in [0.4, 0.5) is 0 Å². The van der Waals surface area contributed by atoms with Crippen LogP contribution in [-0.2, 0) is 20.6 Å². The van der Waals surface area contributed by atoms with E-state index in [0.29, 0.717) is 42.4 Å². The van der Waals surface area contributed by atoms with E-state index in [9.17, 15) is 19.5 Å². The van der Waals surface area contributed by atoms with E-state index in [-0.39, 0.29) is 52.0 Å². The highest BCUT2D eigenvalue weighted by Gasteiger charge is 2.52. The fraction of sp³-hybridized carbons (Fsp3) is 0.113. The van der Waals surface area contributed by atoms with Gasteiger partial charge in [0.1, 0.15) is 29.5 Å². The summed E-state index contributed by atoms with van der Waals surface area (Å²) in [6, 6.07) is 73.1. The van der Waals surface area contributed by atoms with Gasteiger partial charge < -0.3 is 28.8 Å². The molecule has 3 heterocycles. The number of H-pyrrole nitrogens is 3. The Kier molecular flexibility index (Phi) is 19.9. The molecule has 14 rings (SSSR count). The van der Waals surface area contributed by atoms with Crippen LogP contribution in [0.5, 0.6) is 34.9 Å². The minimum absolute atomic E-state index is 0.0105. The third kappa shape index (κ3) is 14.2. The zero-order valence-corrected chi connectivity index (χ0v) is 54.2. The molecule has 476 valence electrons. The second kappa shape index (κ2) is 29.1. The number of carbonyl (C=O) groups is 3. The predicted octanol–water partition coefficient (Wildman–Crippen LogP) is 16.5. The number of esters is 2. The number of nitrogens with one attached hydrogen (secondary N) is 3. The summed E-state index contributed by atoms with van der Waals surface area (Å²) >= 11 is 36.2. The molecule has 0 amide bonds. The molecule has 0 atom stereocenters. The number of aromatic nitrogens is 9. The van der Waals surface area contributed by atoms with Crippen molar-refractivity contribution in [2.75, 3.05) is 0 Å². The van der Waals surface area contributed by atoms with Crippen molar-refractivity contribution >= 4 is 87.5 Å². The molecule has 24 heteroatoms. The van der Waals surface area contributed by atoms with Gasteiger partial charge in [-0.2, -0.15) is 0 Å². The van der Waals surface area contributed by atoms with Gasteiger partial charge in [0, 0.05) is 51.6 Å². The molecule has 0 spiro atoms. The van der Waals surface area contributed by atoms with Crippen molar-refractivity contribution in [2.45, 2.75) is 49.0 Å². The number of hydrogen-bond donors (Lipinski definition) is 4. The minimum atomic E-state index is -1.22. The van der Waals surface area contributed by atoms with Crippen LogP contribution in [0.15, 0.2) is 237 Å². The molecule has 2 saturated carbocycles. The zero-order valence-electron chi connectivity index (χ0n) is 49.7. The summed E-state index contributed by atoms with van der Waals surface area (Å²) in [5.41, 5.74) is 3.05. The SMILES string of the molecule is O=C(O)c1c(Oc2ccc(Cl)c(Cl)c2)[nH]n[n+]1C(c1ccccc1)(c1ccccc1)c1ccccc1.O=C(OC1CC1)c1[nH]nnc1Oc1ccc(Cl)c(Cl)c1.O=C(OC1CC1)c1c(Oc2ccc(Cl)c(Cl)c2)[nH]n[n+]1C(c1ccccc1)(c1ccccc1)c1ccccc1. The Morgan fingerprint density at radius 3 is 1.04 bits per heavy atom. The highest BCUT2D eigenvalue weighted by Crippen LogP contribution is 2.42. The number of ether oxygens (including phenoxy) is 5. The van der Waals surface area contributed by atoms with Crippen LogP contribution in [0.25, 0.3) is 0 Å². The second-order valence-corrected chi connectivity index (χ2v) is 24.0. The summed E-state index contributed by atoms with van der Waals surface area (Å²) in [4.78, 5) is 38.4. The lowest BCUT2D eigenvalue weighted by atomic mass is 9.77. The number of carbonyl (C=O) groups excluding carboxylic acids is 2. The van der Waals surface area contributed by atoms with E-state index in [1.165, 1.54) is 16.8 Å². The van der Waals surface area contributed by atoms with Gasteiger partial charge in [-0.1, -0.05) is 271 Å². The highest BCUT2D eigenvalue weighted by molar-refractivity contribution is 6.43. The molecule has 18 nitrogen and oxygen atoms in total. The van der Waals surface area contributed by atoms with Gasteiger partial charge in [-0.05, 0) is 62.1 Å². The first-order valence-corrected chi connectivity index (χ1v) is 31.8. The van der Waals surface area contributed by atoms with Gasteiger partial charge in [0.05, 0.1) is 40.6 Å². The van der Waals surface area contributed by atoms with Gasteiger partial charge in [-0.3, -0.25) is 0 Å². The van der Waals surface area contributed by atoms with E-state index >= 15 is 0 Å². The van der Waals surface area contributed by atoms with Crippen molar-refractivity contribution in [3.63, 3.8) is 0 Å². The second-order valence-electron chi connectivity index (χ2n) is 21.6. The fourth-order valence-corrected chi connectivity index (χ4v) is 11.4. The van der Waals surface area contributed by atoms with Gasteiger partial charge in [0.2, 0.25) is 16.8 Å². The molecule has 2 aliphatic rings. The molecule has 12 aromatic rings. The van der Waals surface area contributed by atoms with Crippen molar-refractivity contribution in [2.24, 2.45) is 0 Å². The van der Waals surface area contributed by atoms with E-state index in [1.807, 2.05) is 182 Å². The molecule has 3 aromatic heterocycles. The maximum atomic E-state index is 13.8.